The van der Waals surface area contributed by atoms with Gasteiger partial charge in [0, 0.05) is 29.9 Å². The van der Waals surface area contributed by atoms with Gasteiger partial charge in [0.25, 0.3) is 0 Å². The van der Waals surface area contributed by atoms with Crippen LogP contribution in [0.3, 0.4) is 0 Å². The third kappa shape index (κ3) is 5.18. The number of hydrogen-bond donors (Lipinski definition) is 1. The Bertz CT molecular complexity index is 1070. The van der Waals surface area contributed by atoms with Crippen LogP contribution in [0.15, 0.2) is 27.8 Å². The van der Waals surface area contributed by atoms with Crippen LogP contribution in [0.1, 0.15) is 73.1 Å². The molecule has 0 unspecified atom stereocenters. The molecule has 1 aliphatic heterocycles. The van der Waals surface area contributed by atoms with Crippen LogP contribution in [0, 0.1) is 0 Å². The number of aliphatic hydroxyl groups excluding tert-OH is 1. The molecule has 0 atom stereocenters. The molecule has 31 heavy (non-hydrogen) atoms. The Labute approximate surface area is 187 Å². The number of esters is 1. The normalized spacial score (nSPS) is 18.8. The second kappa shape index (κ2) is 9.53. The molecular formula is C22H26ClNO6S. The largest absolute Gasteiger partial charge is 0.511 e. The molecule has 168 valence electrons. The highest BCUT2D eigenvalue weighted by Gasteiger charge is 2.31. The summed E-state index contributed by atoms with van der Waals surface area (Å²) in [5, 5.41) is 9.96. The minimum Gasteiger partial charge on any atom is -0.511 e. The standard InChI is InChI=1S/C22H26ClNO6S/c1-13(2)30-22(28)15-10-9-14(21(27)18-16(25)7-6-8-17(18)26)19(23)20(15)24-31(29)11-4-3-5-12-31/h9-10,13,25H,3-8,11-12H2,1-2H3. The molecule has 0 saturated carbocycles. The van der Waals surface area contributed by atoms with Crippen molar-refractivity contribution in [1.82, 2.24) is 0 Å². The second-order valence-corrected chi connectivity index (χ2v) is 11.0. The predicted molar refractivity (Wildman–Crippen MR) is 119 cm³/mol. The van der Waals surface area contributed by atoms with E-state index in [0.29, 0.717) is 17.9 Å². The molecule has 0 aromatic heterocycles. The molecule has 1 aromatic rings. The van der Waals surface area contributed by atoms with Crippen molar-refractivity contribution in [2.24, 2.45) is 4.36 Å². The maximum absolute atomic E-state index is 13.2. The zero-order chi connectivity index (χ0) is 22.8. The van der Waals surface area contributed by atoms with E-state index in [-0.39, 0.29) is 46.0 Å². The van der Waals surface area contributed by atoms with Crippen molar-refractivity contribution in [2.45, 2.75) is 58.5 Å². The number of benzene rings is 1. The fourth-order valence-electron chi connectivity index (χ4n) is 3.68. The van der Waals surface area contributed by atoms with Gasteiger partial charge in [-0.2, -0.15) is 4.36 Å². The van der Waals surface area contributed by atoms with Crippen LogP contribution in [0.4, 0.5) is 5.69 Å². The molecule has 0 bridgehead atoms. The average molecular weight is 468 g/mol. The number of Topliss-reactive ketones (excluding diaryl/α,β-unsaturated/α-hetero) is 2. The molecule has 1 aromatic carbocycles. The Morgan fingerprint density at radius 1 is 1.10 bits per heavy atom. The van der Waals surface area contributed by atoms with E-state index in [1.807, 2.05) is 0 Å². The van der Waals surface area contributed by atoms with Crippen LogP contribution in [0.2, 0.25) is 5.02 Å². The van der Waals surface area contributed by atoms with Gasteiger partial charge in [0.15, 0.2) is 5.78 Å². The molecule has 7 nitrogen and oxygen atoms in total. The summed E-state index contributed by atoms with van der Waals surface area (Å²) in [6.45, 7) is 3.39. The van der Waals surface area contributed by atoms with E-state index in [9.17, 15) is 23.7 Å². The van der Waals surface area contributed by atoms with Gasteiger partial charge in [-0.1, -0.05) is 18.0 Å². The minimum absolute atomic E-state index is 0.0109. The first-order valence-corrected chi connectivity index (χ1v) is 12.6. The topological polar surface area (TPSA) is 110 Å². The smallest absolute Gasteiger partial charge is 0.340 e. The molecule has 1 N–H and O–H groups in total. The summed E-state index contributed by atoms with van der Waals surface area (Å²) in [7, 11) is -2.65. The maximum Gasteiger partial charge on any atom is 0.340 e. The Kier molecular flexibility index (Phi) is 7.21. The van der Waals surface area contributed by atoms with Crippen LogP contribution in [-0.2, 0) is 19.3 Å². The van der Waals surface area contributed by atoms with E-state index in [1.165, 1.54) is 12.1 Å². The van der Waals surface area contributed by atoms with Crippen LogP contribution >= 0.6 is 11.6 Å². The zero-order valence-electron chi connectivity index (χ0n) is 17.6. The number of halogens is 1. The lowest BCUT2D eigenvalue weighted by Crippen LogP contribution is -2.20. The van der Waals surface area contributed by atoms with Gasteiger partial charge in [-0.3, -0.25) is 9.59 Å². The first-order chi connectivity index (χ1) is 14.6. The number of ketones is 2. The molecule has 2 aliphatic rings. The van der Waals surface area contributed by atoms with Gasteiger partial charge in [-0.15, -0.1) is 0 Å². The number of hydrogen-bond acceptors (Lipinski definition) is 7. The van der Waals surface area contributed by atoms with Gasteiger partial charge in [-0.25, -0.2) is 9.00 Å². The van der Waals surface area contributed by atoms with Gasteiger partial charge in [0.05, 0.1) is 26.4 Å². The highest BCUT2D eigenvalue weighted by molar-refractivity contribution is 7.93. The van der Waals surface area contributed by atoms with E-state index in [4.69, 9.17) is 16.3 Å². The Morgan fingerprint density at radius 2 is 1.74 bits per heavy atom. The van der Waals surface area contributed by atoms with E-state index in [0.717, 1.165) is 19.3 Å². The van der Waals surface area contributed by atoms with Crippen molar-refractivity contribution in [3.8, 4) is 0 Å². The third-order valence-corrected chi connectivity index (χ3v) is 7.97. The number of carbonyl (C=O) groups excluding carboxylic acids is 3. The SMILES string of the molecule is CC(C)OC(=O)c1ccc(C(=O)C2=C(O)CCCC2=O)c(Cl)c1N=S1(=O)CCCCC1. The maximum atomic E-state index is 13.2. The Morgan fingerprint density at radius 3 is 2.35 bits per heavy atom. The van der Waals surface area contributed by atoms with Crippen LogP contribution in [-0.4, -0.2) is 44.5 Å². The summed E-state index contributed by atoms with van der Waals surface area (Å²) in [5.41, 5.74) is -0.416. The molecule has 1 saturated heterocycles. The fraction of sp³-hybridized carbons (Fsp3) is 0.500. The number of nitrogens with zero attached hydrogens (tertiary/aromatic N) is 1. The van der Waals surface area contributed by atoms with Crippen molar-refractivity contribution >= 4 is 44.6 Å². The Balaban J connectivity index is 2.17. The lowest BCUT2D eigenvalue weighted by atomic mass is 9.90. The molecule has 0 radical (unpaired) electrons. The Hall–Kier alpha value is -2.19. The highest BCUT2D eigenvalue weighted by atomic mass is 35.5. The van der Waals surface area contributed by atoms with Gasteiger partial charge >= 0.3 is 5.97 Å². The van der Waals surface area contributed by atoms with E-state index in [2.05, 4.69) is 4.36 Å². The first kappa shape index (κ1) is 23.5. The lowest BCUT2D eigenvalue weighted by Gasteiger charge is -2.19. The fourth-order valence-corrected chi connectivity index (χ4v) is 6.25. The van der Waals surface area contributed by atoms with Crippen molar-refractivity contribution in [1.29, 1.82) is 0 Å². The summed E-state index contributed by atoms with van der Waals surface area (Å²) in [4.78, 5) is 38.0. The summed E-state index contributed by atoms with van der Waals surface area (Å²) in [5.74, 6) is -1.38. The zero-order valence-corrected chi connectivity index (χ0v) is 19.2. The molecule has 3 rings (SSSR count). The summed E-state index contributed by atoms with van der Waals surface area (Å²) < 4.78 is 22.9. The summed E-state index contributed by atoms with van der Waals surface area (Å²) in [6, 6.07) is 2.66. The summed E-state index contributed by atoms with van der Waals surface area (Å²) in [6.07, 6.45) is 2.92. The van der Waals surface area contributed by atoms with Crippen molar-refractivity contribution in [3.63, 3.8) is 0 Å². The molecular weight excluding hydrogens is 442 g/mol. The van der Waals surface area contributed by atoms with E-state index in [1.54, 1.807) is 13.8 Å². The van der Waals surface area contributed by atoms with Crippen LogP contribution in [0.5, 0.6) is 0 Å². The van der Waals surface area contributed by atoms with Crippen molar-refractivity contribution in [2.75, 3.05) is 11.5 Å². The molecule has 0 amide bonds. The second-order valence-electron chi connectivity index (χ2n) is 8.04. The molecule has 1 heterocycles. The summed E-state index contributed by atoms with van der Waals surface area (Å²) >= 11 is 6.52. The van der Waals surface area contributed by atoms with Crippen LogP contribution < -0.4 is 0 Å². The molecule has 0 spiro atoms. The quantitative estimate of drug-likeness (QED) is 0.373. The van der Waals surface area contributed by atoms with Crippen LogP contribution in [0.25, 0.3) is 0 Å². The van der Waals surface area contributed by atoms with Gasteiger partial charge < -0.3 is 9.84 Å². The number of allylic oxidation sites excluding steroid dienone is 2. The third-order valence-electron chi connectivity index (χ3n) is 5.22. The van der Waals surface area contributed by atoms with E-state index < -0.39 is 33.4 Å². The monoisotopic (exact) mass is 467 g/mol. The van der Waals surface area contributed by atoms with Gasteiger partial charge in [0.1, 0.15) is 17.0 Å². The predicted octanol–water partition coefficient (Wildman–Crippen LogP) is 4.94. The highest BCUT2D eigenvalue weighted by Crippen LogP contribution is 2.37. The van der Waals surface area contributed by atoms with Gasteiger partial charge in [-0.05, 0) is 45.2 Å². The van der Waals surface area contributed by atoms with E-state index >= 15 is 0 Å². The molecule has 1 fully saturated rings. The van der Waals surface area contributed by atoms with Gasteiger partial charge in [0.2, 0.25) is 5.78 Å². The van der Waals surface area contributed by atoms with Crippen molar-refractivity contribution in [3.05, 3.63) is 39.6 Å². The molecule has 9 heteroatoms. The number of ether oxygens (including phenoxy) is 1. The van der Waals surface area contributed by atoms with Crippen molar-refractivity contribution < 1.29 is 28.4 Å². The number of carbonyl (C=O) groups is 3. The average Bonchev–Trinajstić information content (AvgIpc) is 2.69. The first-order valence-electron chi connectivity index (χ1n) is 10.4. The number of aliphatic hydroxyl groups is 1. The number of rotatable bonds is 5. The lowest BCUT2D eigenvalue weighted by molar-refractivity contribution is -0.116. The minimum atomic E-state index is -2.65. The molecule has 1 aliphatic carbocycles.